The van der Waals surface area contributed by atoms with Gasteiger partial charge in [0, 0.05) is 11.6 Å². The molecule has 1 aliphatic rings. The second-order valence-electron chi connectivity index (χ2n) is 5.82. The van der Waals surface area contributed by atoms with E-state index in [-0.39, 0.29) is 11.6 Å². The molecule has 0 bridgehead atoms. The Hall–Kier alpha value is -1.57. The highest BCUT2D eigenvalue weighted by atomic mass is 35.5. The Morgan fingerprint density at radius 1 is 1.08 bits per heavy atom. The Morgan fingerprint density at radius 3 is 2.40 bits per heavy atom. The quantitative estimate of drug-likeness (QED) is 0.749. The average Bonchev–Trinajstić information content (AvgIpc) is 3.05. The van der Waals surface area contributed by atoms with Crippen LogP contribution in [-0.2, 0) is 16.2 Å². The van der Waals surface area contributed by atoms with Crippen LogP contribution < -0.4 is 0 Å². The molecule has 25 heavy (non-hydrogen) atoms. The van der Waals surface area contributed by atoms with E-state index in [0.717, 1.165) is 22.0 Å². The van der Waals surface area contributed by atoms with E-state index in [1.54, 1.807) is 30.3 Å². The highest BCUT2D eigenvalue weighted by molar-refractivity contribution is 7.89. The van der Waals surface area contributed by atoms with Crippen LogP contribution in [0.1, 0.15) is 30.0 Å². The van der Waals surface area contributed by atoms with Crippen LogP contribution in [0.5, 0.6) is 0 Å². The summed E-state index contributed by atoms with van der Waals surface area (Å²) in [6.45, 7) is 0.182. The monoisotopic (exact) mass is 389 g/mol. The molecular formula is C17H15ClF3NO2S. The molecule has 0 aromatic heterocycles. The molecular weight excluding hydrogens is 375 g/mol. The summed E-state index contributed by atoms with van der Waals surface area (Å²) >= 11 is 5.65. The van der Waals surface area contributed by atoms with Crippen LogP contribution in [0.15, 0.2) is 53.4 Å². The Morgan fingerprint density at radius 2 is 1.76 bits per heavy atom. The van der Waals surface area contributed by atoms with Crippen LogP contribution >= 0.6 is 11.6 Å². The lowest BCUT2D eigenvalue weighted by Gasteiger charge is -2.26. The van der Waals surface area contributed by atoms with E-state index in [2.05, 4.69) is 0 Å². The second-order valence-corrected chi connectivity index (χ2v) is 8.12. The zero-order chi connectivity index (χ0) is 18.2. The van der Waals surface area contributed by atoms with Crippen LogP contribution in [0.3, 0.4) is 0 Å². The predicted octanol–water partition coefficient (Wildman–Crippen LogP) is 4.88. The van der Waals surface area contributed by atoms with E-state index < -0.39 is 32.7 Å². The van der Waals surface area contributed by atoms with Gasteiger partial charge in [-0.25, -0.2) is 8.42 Å². The number of nitrogens with zero attached hydrogens (tertiary/aromatic N) is 1. The summed E-state index contributed by atoms with van der Waals surface area (Å²) in [6.07, 6.45) is -3.65. The summed E-state index contributed by atoms with van der Waals surface area (Å²) in [4.78, 5) is -0.757. The fraction of sp³-hybridized carbons (Fsp3) is 0.294. The molecule has 0 amide bonds. The van der Waals surface area contributed by atoms with E-state index in [9.17, 15) is 21.6 Å². The molecule has 1 heterocycles. The third kappa shape index (κ3) is 3.54. The maximum Gasteiger partial charge on any atom is 0.417 e. The molecule has 1 atom stereocenters. The van der Waals surface area contributed by atoms with Crippen LogP contribution in [0.4, 0.5) is 13.2 Å². The molecule has 2 aromatic carbocycles. The smallest absolute Gasteiger partial charge is 0.207 e. The van der Waals surface area contributed by atoms with Crippen LogP contribution in [0.25, 0.3) is 0 Å². The molecule has 0 spiro atoms. The first-order chi connectivity index (χ1) is 11.7. The normalized spacial score (nSPS) is 19.3. The molecule has 2 aromatic rings. The Balaban J connectivity index is 2.08. The number of alkyl halides is 3. The van der Waals surface area contributed by atoms with Crippen molar-refractivity contribution in [3.63, 3.8) is 0 Å². The minimum Gasteiger partial charge on any atom is -0.207 e. The molecule has 3 nitrogen and oxygen atoms in total. The van der Waals surface area contributed by atoms with Gasteiger partial charge < -0.3 is 0 Å². The van der Waals surface area contributed by atoms with Crippen molar-refractivity contribution in [2.75, 3.05) is 6.54 Å². The van der Waals surface area contributed by atoms with Gasteiger partial charge in [-0.15, -0.1) is 0 Å². The molecule has 0 radical (unpaired) electrons. The fourth-order valence-electron chi connectivity index (χ4n) is 3.11. The van der Waals surface area contributed by atoms with Gasteiger partial charge in [0.1, 0.15) is 0 Å². The molecule has 0 N–H and O–H groups in total. The molecule has 0 saturated carbocycles. The van der Waals surface area contributed by atoms with Crippen molar-refractivity contribution >= 4 is 21.6 Å². The summed E-state index contributed by atoms with van der Waals surface area (Å²) in [6, 6.07) is 11.2. The van der Waals surface area contributed by atoms with Crippen molar-refractivity contribution in [2.45, 2.75) is 30.0 Å². The van der Waals surface area contributed by atoms with Crippen molar-refractivity contribution in [3.8, 4) is 0 Å². The van der Waals surface area contributed by atoms with E-state index in [4.69, 9.17) is 11.6 Å². The van der Waals surface area contributed by atoms with Gasteiger partial charge in [-0.1, -0.05) is 41.9 Å². The van der Waals surface area contributed by atoms with Crippen molar-refractivity contribution in [1.29, 1.82) is 0 Å². The molecule has 0 aliphatic carbocycles. The van der Waals surface area contributed by atoms with E-state index in [1.165, 1.54) is 0 Å². The van der Waals surface area contributed by atoms with Gasteiger partial charge in [-0.05, 0) is 36.6 Å². The average molecular weight is 390 g/mol. The molecule has 8 heteroatoms. The number of halogens is 4. The van der Waals surface area contributed by atoms with Gasteiger partial charge in [-0.3, -0.25) is 0 Å². The first kappa shape index (κ1) is 18.2. The van der Waals surface area contributed by atoms with Crippen molar-refractivity contribution in [1.82, 2.24) is 4.31 Å². The Labute approximate surface area is 149 Å². The lowest BCUT2D eigenvalue weighted by atomic mass is 10.1. The van der Waals surface area contributed by atoms with Gasteiger partial charge in [0.15, 0.2) is 0 Å². The number of rotatable bonds is 3. The number of hydrogen-bond donors (Lipinski definition) is 0. The van der Waals surface area contributed by atoms with Gasteiger partial charge in [0.05, 0.1) is 16.5 Å². The zero-order valence-corrected chi connectivity index (χ0v) is 14.6. The predicted molar refractivity (Wildman–Crippen MR) is 88.8 cm³/mol. The van der Waals surface area contributed by atoms with Gasteiger partial charge in [0.25, 0.3) is 0 Å². The first-order valence-corrected chi connectivity index (χ1v) is 9.46. The van der Waals surface area contributed by atoms with E-state index in [0.29, 0.717) is 18.9 Å². The zero-order valence-electron chi connectivity index (χ0n) is 13.0. The maximum atomic E-state index is 13.3. The highest BCUT2D eigenvalue weighted by Crippen LogP contribution is 2.41. The van der Waals surface area contributed by atoms with E-state index in [1.807, 2.05) is 0 Å². The molecule has 1 unspecified atom stereocenters. The van der Waals surface area contributed by atoms with Crippen molar-refractivity contribution in [2.24, 2.45) is 0 Å². The molecule has 1 aliphatic heterocycles. The van der Waals surface area contributed by atoms with Crippen molar-refractivity contribution in [3.05, 3.63) is 64.7 Å². The van der Waals surface area contributed by atoms with Crippen molar-refractivity contribution < 1.29 is 21.6 Å². The molecule has 3 rings (SSSR count). The van der Waals surface area contributed by atoms with Crippen LogP contribution in [0.2, 0.25) is 5.02 Å². The van der Waals surface area contributed by atoms with Gasteiger partial charge in [-0.2, -0.15) is 17.5 Å². The van der Waals surface area contributed by atoms with Gasteiger partial charge >= 0.3 is 6.18 Å². The lowest BCUT2D eigenvalue weighted by molar-refractivity contribution is -0.139. The summed E-state index contributed by atoms with van der Waals surface area (Å²) < 4.78 is 67.1. The first-order valence-electron chi connectivity index (χ1n) is 7.65. The molecule has 1 fully saturated rings. The Bertz CT molecular complexity index is 869. The van der Waals surface area contributed by atoms with Gasteiger partial charge in [0.2, 0.25) is 10.0 Å². The summed E-state index contributed by atoms with van der Waals surface area (Å²) in [5, 5.41) is -0.160. The summed E-state index contributed by atoms with van der Waals surface area (Å²) in [5.41, 5.74) is -0.468. The second kappa shape index (κ2) is 6.63. The largest absolute Gasteiger partial charge is 0.417 e. The fourth-order valence-corrected chi connectivity index (χ4v) is 5.16. The van der Waals surface area contributed by atoms with Crippen LogP contribution in [0, 0.1) is 0 Å². The molecule has 1 saturated heterocycles. The summed E-state index contributed by atoms with van der Waals surface area (Å²) in [5.74, 6) is 0. The maximum absolute atomic E-state index is 13.3. The third-order valence-electron chi connectivity index (χ3n) is 4.22. The van der Waals surface area contributed by atoms with E-state index >= 15 is 0 Å². The SMILES string of the molecule is O=S(=O)(c1ccc(Cl)cc1C(F)(F)F)N1CCCC1c1ccccc1. The third-order valence-corrected chi connectivity index (χ3v) is 6.42. The highest BCUT2D eigenvalue weighted by Gasteiger charge is 2.42. The number of benzene rings is 2. The minimum absolute atomic E-state index is 0.160. The summed E-state index contributed by atoms with van der Waals surface area (Å²) in [7, 11) is -4.31. The topological polar surface area (TPSA) is 37.4 Å². The Kier molecular flexibility index (Phi) is 4.83. The standard InChI is InChI=1S/C17H15ClF3NO2S/c18-13-8-9-16(14(11-13)17(19,20)21)25(23,24)22-10-4-7-15(22)12-5-2-1-3-6-12/h1-3,5-6,8-9,11,15H,4,7,10H2. The minimum atomic E-state index is -4.81. The number of sulfonamides is 1. The lowest BCUT2D eigenvalue weighted by Crippen LogP contribution is -2.32. The number of hydrogen-bond acceptors (Lipinski definition) is 2. The van der Waals surface area contributed by atoms with Crippen LogP contribution in [-0.4, -0.2) is 19.3 Å². The molecule has 134 valence electrons.